The van der Waals surface area contributed by atoms with Crippen molar-refractivity contribution in [2.45, 2.75) is 12.7 Å². The largest absolute Gasteiger partial charge is 0.463 e. The number of rotatable bonds is 4. The van der Waals surface area contributed by atoms with Crippen LogP contribution < -0.4 is 5.73 Å². The molecule has 0 unspecified atom stereocenters. The predicted molar refractivity (Wildman–Crippen MR) is 74.4 cm³/mol. The number of hydrogen-bond donors (Lipinski definition) is 1. The zero-order valence-corrected chi connectivity index (χ0v) is 11.6. The van der Waals surface area contributed by atoms with Gasteiger partial charge in [-0.3, -0.25) is 4.99 Å². The van der Waals surface area contributed by atoms with Crippen LogP contribution in [0.2, 0.25) is 0 Å². The van der Waals surface area contributed by atoms with Gasteiger partial charge in [-0.1, -0.05) is 6.07 Å². The first-order valence-corrected chi connectivity index (χ1v) is 6.34. The molecule has 0 aliphatic carbocycles. The van der Waals surface area contributed by atoms with Crippen molar-refractivity contribution in [3.05, 3.63) is 65.6 Å². The molecule has 2 rings (SSSR count). The summed E-state index contributed by atoms with van der Waals surface area (Å²) < 4.78 is 70.0. The predicted octanol–water partition coefficient (Wildman–Crippen LogP) is 4.06. The smallest absolute Gasteiger partial charge is 0.432 e. The molecule has 0 aliphatic rings. The molecule has 122 valence electrons. The molecular formula is C15H11F5N2O. The lowest BCUT2D eigenvalue weighted by Crippen LogP contribution is -2.22. The second-order valence-electron chi connectivity index (χ2n) is 4.51. The second kappa shape index (κ2) is 6.64. The number of hydrogen-bond acceptors (Lipinski definition) is 3. The fraction of sp³-hybridized carbons (Fsp3) is 0.133. The molecule has 0 amide bonds. The topological polar surface area (TPSA) is 51.5 Å². The molecule has 0 atom stereocenters. The van der Waals surface area contributed by atoms with Gasteiger partial charge in [-0.2, -0.15) is 13.2 Å². The number of benzene rings is 1. The van der Waals surface area contributed by atoms with Gasteiger partial charge in [0.1, 0.15) is 23.1 Å². The molecule has 1 aromatic heterocycles. The van der Waals surface area contributed by atoms with Crippen molar-refractivity contribution in [3.63, 3.8) is 0 Å². The van der Waals surface area contributed by atoms with Crippen LogP contribution >= 0.6 is 0 Å². The van der Waals surface area contributed by atoms with Crippen molar-refractivity contribution in [3.8, 4) is 0 Å². The molecule has 2 N–H and O–H groups in total. The van der Waals surface area contributed by atoms with Gasteiger partial charge >= 0.3 is 6.18 Å². The van der Waals surface area contributed by atoms with Gasteiger partial charge in [0.05, 0.1) is 18.5 Å². The molecule has 3 nitrogen and oxygen atoms in total. The van der Waals surface area contributed by atoms with Crippen molar-refractivity contribution < 1.29 is 26.4 Å². The molecule has 0 bridgehead atoms. The van der Waals surface area contributed by atoms with E-state index in [4.69, 9.17) is 10.2 Å². The summed E-state index contributed by atoms with van der Waals surface area (Å²) in [5.41, 5.74) is 3.78. The molecule has 2 aromatic rings. The molecule has 0 saturated carbocycles. The Labute approximate surface area is 127 Å². The van der Waals surface area contributed by atoms with Crippen LogP contribution in [0.15, 0.2) is 52.1 Å². The highest BCUT2D eigenvalue weighted by molar-refractivity contribution is 6.03. The Morgan fingerprint density at radius 1 is 1.22 bits per heavy atom. The number of nitrogens with two attached hydrogens (primary N) is 1. The van der Waals surface area contributed by atoms with E-state index in [2.05, 4.69) is 4.99 Å². The summed E-state index contributed by atoms with van der Waals surface area (Å²) in [6.45, 7) is -0.608. The maximum absolute atomic E-state index is 13.4. The summed E-state index contributed by atoms with van der Waals surface area (Å²) in [7, 11) is 0. The summed E-state index contributed by atoms with van der Waals surface area (Å²) in [5, 5.41) is 0. The van der Waals surface area contributed by atoms with Crippen LogP contribution in [0.5, 0.6) is 0 Å². The highest BCUT2D eigenvalue weighted by atomic mass is 19.4. The third kappa shape index (κ3) is 4.41. The van der Waals surface area contributed by atoms with E-state index in [1.807, 2.05) is 0 Å². The van der Waals surface area contributed by atoms with Crippen molar-refractivity contribution >= 4 is 11.4 Å². The molecule has 0 radical (unpaired) electrons. The number of furan rings is 1. The van der Waals surface area contributed by atoms with Crippen LogP contribution in [-0.2, 0) is 6.54 Å². The lowest BCUT2D eigenvalue weighted by atomic mass is 10.2. The Morgan fingerprint density at radius 3 is 2.52 bits per heavy atom. The molecule has 23 heavy (non-hydrogen) atoms. The van der Waals surface area contributed by atoms with Crippen LogP contribution in [0.1, 0.15) is 11.3 Å². The lowest BCUT2D eigenvalue weighted by molar-refractivity contribution is -0.0579. The van der Waals surface area contributed by atoms with Gasteiger partial charge in [-0.25, -0.2) is 8.78 Å². The van der Waals surface area contributed by atoms with Crippen LogP contribution in [0, 0.1) is 11.6 Å². The monoisotopic (exact) mass is 330 g/mol. The van der Waals surface area contributed by atoms with Gasteiger partial charge in [0.25, 0.3) is 0 Å². The third-order valence-electron chi connectivity index (χ3n) is 2.82. The first-order chi connectivity index (χ1) is 10.8. The standard InChI is InChI=1S/C15H11F5N2O/c16-10-4-3-9(11(17)6-10)8-22-14(15(18,19)20)7-12(21)13-2-1-5-23-13/h1-7H,8,21H2/b12-7-,22-14?. The molecule has 8 heteroatoms. The maximum atomic E-state index is 13.4. The first-order valence-electron chi connectivity index (χ1n) is 6.34. The van der Waals surface area contributed by atoms with Gasteiger partial charge in [-0.15, -0.1) is 0 Å². The van der Waals surface area contributed by atoms with E-state index < -0.39 is 30.1 Å². The molecule has 1 aromatic carbocycles. The molecule has 0 saturated heterocycles. The van der Waals surface area contributed by atoms with Crippen molar-refractivity contribution in [1.29, 1.82) is 0 Å². The van der Waals surface area contributed by atoms with E-state index in [0.717, 1.165) is 12.1 Å². The Morgan fingerprint density at radius 2 is 1.96 bits per heavy atom. The summed E-state index contributed by atoms with van der Waals surface area (Å²) in [6, 6.07) is 5.40. The van der Waals surface area contributed by atoms with Gasteiger partial charge in [0.2, 0.25) is 0 Å². The number of halogens is 5. The quantitative estimate of drug-likeness (QED) is 0.679. The minimum absolute atomic E-state index is 0.0508. The van der Waals surface area contributed by atoms with Crippen molar-refractivity contribution in [2.75, 3.05) is 0 Å². The average molecular weight is 330 g/mol. The minimum Gasteiger partial charge on any atom is -0.463 e. The summed E-state index contributed by atoms with van der Waals surface area (Å²) in [5.74, 6) is -1.75. The maximum Gasteiger partial charge on any atom is 0.432 e. The number of alkyl halides is 3. The zero-order chi connectivity index (χ0) is 17.0. The van der Waals surface area contributed by atoms with Gasteiger partial charge in [-0.05, 0) is 24.3 Å². The Hall–Kier alpha value is -2.64. The van der Waals surface area contributed by atoms with Crippen molar-refractivity contribution in [2.24, 2.45) is 10.7 Å². The Balaban J connectivity index is 2.30. The highest BCUT2D eigenvalue weighted by Gasteiger charge is 2.34. The molecule has 0 fully saturated rings. The fourth-order valence-corrected chi connectivity index (χ4v) is 1.70. The van der Waals surface area contributed by atoms with E-state index >= 15 is 0 Å². The number of aliphatic imine (C=N–C) groups is 1. The van der Waals surface area contributed by atoms with Gasteiger partial charge in [0.15, 0.2) is 0 Å². The number of nitrogens with zero attached hydrogens (tertiary/aromatic N) is 1. The molecule has 0 aliphatic heterocycles. The highest BCUT2D eigenvalue weighted by Crippen LogP contribution is 2.22. The Kier molecular flexibility index (Phi) is 4.83. The van der Waals surface area contributed by atoms with E-state index in [9.17, 15) is 22.0 Å². The fourth-order valence-electron chi connectivity index (χ4n) is 1.70. The number of allylic oxidation sites excluding steroid dienone is 1. The van der Waals surface area contributed by atoms with E-state index in [1.54, 1.807) is 0 Å². The van der Waals surface area contributed by atoms with E-state index in [-0.39, 0.29) is 17.0 Å². The molecule has 1 heterocycles. The van der Waals surface area contributed by atoms with Crippen LogP contribution in [0.3, 0.4) is 0 Å². The summed E-state index contributed by atoms with van der Waals surface area (Å²) >= 11 is 0. The SMILES string of the molecule is N/C(=C\C(=NCc1ccc(F)cc1F)C(F)(F)F)c1ccco1. The minimum atomic E-state index is -4.78. The summed E-state index contributed by atoms with van der Waals surface area (Å²) in [6.07, 6.45) is -2.93. The van der Waals surface area contributed by atoms with Crippen molar-refractivity contribution in [1.82, 2.24) is 0 Å². The Bertz CT molecular complexity index is 733. The second-order valence-corrected chi connectivity index (χ2v) is 4.51. The lowest BCUT2D eigenvalue weighted by Gasteiger charge is -2.08. The molecule has 0 spiro atoms. The van der Waals surface area contributed by atoms with Crippen LogP contribution in [-0.4, -0.2) is 11.9 Å². The molecular weight excluding hydrogens is 319 g/mol. The first kappa shape index (κ1) is 16.7. The van der Waals surface area contributed by atoms with Crippen LogP contribution in [0.25, 0.3) is 5.70 Å². The van der Waals surface area contributed by atoms with Crippen LogP contribution in [0.4, 0.5) is 22.0 Å². The van der Waals surface area contributed by atoms with Gasteiger partial charge in [0, 0.05) is 11.6 Å². The average Bonchev–Trinajstić information content (AvgIpc) is 2.97. The zero-order valence-electron chi connectivity index (χ0n) is 11.6. The van der Waals surface area contributed by atoms with Gasteiger partial charge < -0.3 is 10.2 Å². The van der Waals surface area contributed by atoms with E-state index in [0.29, 0.717) is 12.1 Å². The third-order valence-corrected chi connectivity index (χ3v) is 2.82. The summed E-state index contributed by atoms with van der Waals surface area (Å²) in [4.78, 5) is 3.34. The normalized spacial score (nSPS) is 13.4. The van der Waals surface area contributed by atoms with E-state index in [1.165, 1.54) is 18.4 Å².